The molecular formula is C30H28O6. The van der Waals surface area contributed by atoms with E-state index in [1.54, 1.807) is 24.3 Å². The quantitative estimate of drug-likeness (QED) is 0.376. The van der Waals surface area contributed by atoms with Crippen LogP contribution >= 0.6 is 0 Å². The summed E-state index contributed by atoms with van der Waals surface area (Å²) < 4.78 is 11.6. The fraction of sp³-hybridized carbons (Fsp3) is 0.467. The van der Waals surface area contributed by atoms with Crippen LogP contribution < -0.4 is 9.47 Å². The lowest BCUT2D eigenvalue weighted by Gasteiger charge is -2.22. The Morgan fingerprint density at radius 1 is 0.583 bits per heavy atom. The summed E-state index contributed by atoms with van der Waals surface area (Å²) >= 11 is 0. The van der Waals surface area contributed by atoms with E-state index in [9.17, 15) is 19.2 Å². The highest BCUT2D eigenvalue weighted by Gasteiger charge is 2.57. The third kappa shape index (κ3) is 3.30. The highest BCUT2D eigenvalue weighted by Crippen LogP contribution is 2.57. The Labute approximate surface area is 209 Å². The molecule has 4 saturated carbocycles. The first-order valence-corrected chi connectivity index (χ1v) is 13.3. The van der Waals surface area contributed by atoms with Crippen molar-refractivity contribution in [1.29, 1.82) is 0 Å². The maximum atomic E-state index is 13.6. The van der Waals surface area contributed by atoms with Gasteiger partial charge in [0.05, 0.1) is 23.0 Å². The van der Waals surface area contributed by atoms with E-state index in [-0.39, 0.29) is 57.5 Å². The van der Waals surface area contributed by atoms with Crippen LogP contribution in [0.2, 0.25) is 0 Å². The first-order chi connectivity index (χ1) is 17.5. The van der Waals surface area contributed by atoms with Crippen LogP contribution in [0, 0.1) is 35.5 Å². The fourth-order valence-electron chi connectivity index (χ4n) is 7.37. The van der Waals surface area contributed by atoms with E-state index >= 15 is 0 Å². The van der Waals surface area contributed by atoms with Crippen LogP contribution in [-0.4, -0.2) is 23.5 Å². The van der Waals surface area contributed by atoms with Crippen LogP contribution in [0.4, 0.5) is 0 Å². The number of hydrogen-bond donors (Lipinski definition) is 0. The minimum absolute atomic E-state index is 0.0224. The average Bonchev–Trinajstić information content (AvgIpc) is 3.80. The van der Waals surface area contributed by atoms with E-state index in [2.05, 4.69) is 0 Å². The zero-order valence-electron chi connectivity index (χ0n) is 20.0. The molecule has 184 valence electrons. The third-order valence-electron chi connectivity index (χ3n) is 9.28. The molecule has 0 saturated heterocycles. The van der Waals surface area contributed by atoms with Gasteiger partial charge in [0.25, 0.3) is 0 Å². The maximum absolute atomic E-state index is 13.6. The van der Waals surface area contributed by atoms with Gasteiger partial charge in [-0.05, 0) is 61.5 Å². The van der Waals surface area contributed by atoms with Gasteiger partial charge in [0.2, 0.25) is 0 Å². The van der Waals surface area contributed by atoms with Gasteiger partial charge in [0.15, 0.2) is 11.6 Å². The Balaban J connectivity index is 1.23. The van der Waals surface area contributed by atoms with Gasteiger partial charge < -0.3 is 9.47 Å². The average molecular weight is 485 g/mol. The van der Waals surface area contributed by atoms with Crippen LogP contribution in [-0.2, 0) is 9.59 Å². The van der Waals surface area contributed by atoms with Gasteiger partial charge in [-0.15, -0.1) is 0 Å². The van der Waals surface area contributed by atoms with Crippen molar-refractivity contribution < 1.29 is 28.7 Å². The predicted molar refractivity (Wildman–Crippen MR) is 129 cm³/mol. The smallest absolute Gasteiger partial charge is 0.314 e. The number of fused-ring (bicyclic) bond motifs is 4. The highest BCUT2D eigenvalue weighted by molar-refractivity contribution is 6.30. The molecular weight excluding hydrogens is 456 g/mol. The molecule has 5 aliphatic carbocycles. The van der Waals surface area contributed by atoms with Gasteiger partial charge >= 0.3 is 11.9 Å². The largest absolute Gasteiger partial charge is 0.425 e. The normalized spacial score (nSPS) is 31.3. The SMILES string of the molecule is O=C1c2ccccc2C(=O)c2c(OC(=O)C3[C@@H]4CCCC[C@@H]34)ccc(OC(=O)C3[C@@H]4CCCC[C@@H]34)c21. The number of esters is 2. The number of rotatable bonds is 4. The van der Waals surface area contributed by atoms with Crippen molar-refractivity contribution >= 4 is 23.5 Å². The number of ether oxygens (including phenoxy) is 2. The second-order valence-corrected chi connectivity index (χ2v) is 11.1. The molecule has 0 unspecified atom stereocenters. The predicted octanol–water partition coefficient (Wildman–Crippen LogP) is 5.15. The summed E-state index contributed by atoms with van der Waals surface area (Å²) in [6, 6.07) is 9.62. The van der Waals surface area contributed by atoms with Gasteiger partial charge in [0, 0.05) is 11.1 Å². The molecule has 0 amide bonds. The molecule has 6 heteroatoms. The van der Waals surface area contributed by atoms with Gasteiger partial charge in [-0.25, -0.2) is 0 Å². The Morgan fingerprint density at radius 3 is 1.31 bits per heavy atom. The molecule has 36 heavy (non-hydrogen) atoms. The molecule has 7 rings (SSSR count). The summed E-state index contributed by atoms with van der Waals surface area (Å²) in [7, 11) is 0. The van der Waals surface area contributed by atoms with Crippen molar-refractivity contribution in [2.75, 3.05) is 0 Å². The molecule has 4 fully saturated rings. The minimum Gasteiger partial charge on any atom is -0.425 e. The molecule has 6 nitrogen and oxygen atoms in total. The van der Waals surface area contributed by atoms with Crippen LogP contribution in [0.1, 0.15) is 83.2 Å². The third-order valence-corrected chi connectivity index (χ3v) is 9.28. The molecule has 5 aliphatic rings. The van der Waals surface area contributed by atoms with E-state index < -0.39 is 11.6 Å². The molecule has 0 aliphatic heterocycles. The summed E-state index contributed by atoms with van der Waals surface area (Å²) in [6.45, 7) is 0. The van der Waals surface area contributed by atoms with E-state index in [1.807, 2.05) is 0 Å². The summed E-state index contributed by atoms with van der Waals surface area (Å²) in [5.74, 6) is -0.128. The zero-order valence-corrected chi connectivity index (χ0v) is 20.0. The lowest BCUT2D eigenvalue weighted by atomic mass is 9.83. The molecule has 4 atom stereocenters. The van der Waals surface area contributed by atoms with Crippen LogP contribution in [0.5, 0.6) is 11.5 Å². The van der Waals surface area contributed by atoms with Crippen molar-refractivity contribution in [3.05, 3.63) is 58.7 Å². The summed E-state index contributed by atoms with van der Waals surface area (Å²) in [6.07, 6.45) is 8.66. The fourth-order valence-corrected chi connectivity index (χ4v) is 7.37. The van der Waals surface area contributed by atoms with Crippen molar-refractivity contribution in [2.45, 2.75) is 51.4 Å². The number of carbonyl (C=O) groups is 4. The van der Waals surface area contributed by atoms with Gasteiger partial charge in [0.1, 0.15) is 11.5 Å². The highest BCUT2D eigenvalue weighted by atomic mass is 16.5. The zero-order chi connectivity index (χ0) is 24.6. The number of carbonyl (C=O) groups excluding carboxylic acids is 4. The van der Waals surface area contributed by atoms with Gasteiger partial charge in [-0.2, -0.15) is 0 Å². The second kappa shape index (κ2) is 8.12. The molecule has 0 bridgehead atoms. The Bertz CT molecular complexity index is 1200. The summed E-state index contributed by atoms with van der Waals surface area (Å²) in [5, 5.41) is 0. The first kappa shape index (κ1) is 22.0. The van der Waals surface area contributed by atoms with Crippen LogP contribution in [0.25, 0.3) is 0 Å². The molecule has 0 heterocycles. The minimum atomic E-state index is -0.394. The van der Waals surface area contributed by atoms with Crippen molar-refractivity contribution in [3.8, 4) is 11.5 Å². The molecule has 0 spiro atoms. The van der Waals surface area contributed by atoms with E-state index in [0.29, 0.717) is 23.7 Å². The standard InChI is InChI=1S/C30H28O6/c31-27-19-11-5-6-12-20(19)28(32)26-22(36-30(34)24-17-9-3-4-10-18(17)24)14-13-21(25(26)27)35-29(33)23-15-7-1-2-8-16(15)23/h5-6,11-18,23-24H,1-4,7-10H2/t15-,16-,17-,18-/m1/s1. The van der Waals surface area contributed by atoms with E-state index in [0.717, 1.165) is 51.4 Å². The molecule has 0 aromatic heterocycles. The van der Waals surface area contributed by atoms with Crippen LogP contribution in [0.15, 0.2) is 36.4 Å². The molecule has 0 N–H and O–H groups in total. The van der Waals surface area contributed by atoms with E-state index in [4.69, 9.17) is 9.47 Å². The van der Waals surface area contributed by atoms with Gasteiger partial charge in [-0.1, -0.05) is 49.9 Å². The summed E-state index contributed by atoms with van der Waals surface area (Å²) in [5.41, 5.74) is 0.580. The molecule has 2 aromatic rings. The lowest BCUT2D eigenvalue weighted by Crippen LogP contribution is -2.25. The van der Waals surface area contributed by atoms with E-state index in [1.165, 1.54) is 12.1 Å². The Morgan fingerprint density at radius 2 is 0.944 bits per heavy atom. The lowest BCUT2D eigenvalue weighted by molar-refractivity contribution is -0.137. The second-order valence-electron chi connectivity index (χ2n) is 11.1. The van der Waals surface area contributed by atoms with Crippen molar-refractivity contribution in [1.82, 2.24) is 0 Å². The Hall–Kier alpha value is -3.28. The van der Waals surface area contributed by atoms with Crippen molar-refractivity contribution in [2.24, 2.45) is 35.5 Å². The monoisotopic (exact) mass is 484 g/mol. The van der Waals surface area contributed by atoms with Crippen molar-refractivity contribution in [3.63, 3.8) is 0 Å². The first-order valence-electron chi connectivity index (χ1n) is 13.3. The number of hydrogen-bond acceptors (Lipinski definition) is 6. The topological polar surface area (TPSA) is 86.7 Å². The molecule has 0 radical (unpaired) electrons. The Kier molecular flexibility index (Phi) is 4.95. The van der Waals surface area contributed by atoms with Crippen LogP contribution in [0.3, 0.4) is 0 Å². The number of ketones is 2. The maximum Gasteiger partial charge on any atom is 0.314 e. The van der Waals surface area contributed by atoms with Gasteiger partial charge in [-0.3, -0.25) is 19.2 Å². The number of benzene rings is 2. The summed E-state index contributed by atoms with van der Waals surface area (Å²) in [4.78, 5) is 53.3. The molecule has 2 aromatic carbocycles.